The van der Waals surface area contributed by atoms with Crippen LogP contribution in [0.5, 0.6) is 5.75 Å². The van der Waals surface area contributed by atoms with Crippen LogP contribution < -0.4 is 4.74 Å². The van der Waals surface area contributed by atoms with E-state index in [2.05, 4.69) is 6.92 Å². The highest BCUT2D eigenvalue weighted by Gasteiger charge is 2.23. The first-order chi connectivity index (χ1) is 8.19. The van der Waals surface area contributed by atoms with E-state index < -0.39 is 0 Å². The Hall–Kier alpha value is -0.740. The molecule has 0 spiro atoms. The largest absolute Gasteiger partial charge is 0.489 e. The van der Waals surface area contributed by atoms with E-state index in [9.17, 15) is 4.39 Å². The van der Waals surface area contributed by atoms with Crippen LogP contribution in [0.25, 0.3) is 0 Å². The molecule has 1 aromatic carbocycles. The van der Waals surface area contributed by atoms with Gasteiger partial charge in [-0.1, -0.05) is 6.92 Å². The fourth-order valence-electron chi connectivity index (χ4n) is 1.92. The molecule has 2 nitrogen and oxygen atoms in total. The maximum absolute atomic E-state index is 13.0. The van der Waals surface area contributed by atoms with Crippen molar-refractivity contribution in [1.29, 1.82) is 0 Å². The second-order valence-electron chi connectivity index (χ2n) is 4.35. The van der Waals surface area contributed by atoms with Crippen LogP contribution in [0.4, 0.5) is 4.39 Å². The lowest BCUT2D eigenvalue weighted by Gasteiger charge is -2.13. The summed E-state index contributed by atoms with van der Waals surface area (Å²) in [5.41, 5.74) is 0.963. The van der Waals surface area contributed by atoms with Gasteiger partial charge in [-0.3, -0.25) is 0 Å². The predicted octanol–water partition coefficient (Wildman–Crippen LogP) is 2.63. The molecule has 0 aromatic heterocycles. The molecule has 94 valence electrons. The number of halogens is 1. The number of benzene rings is 1. The number of thioether (sulfide) groups is 1. The molecule has 2 rings (SSSR count). The lowest BCUT2D eigenvalue weighted by Crippen LogP contribution is -2.18. The maximum Gasteiger partial charge on any atom is 0.123 e. The highest BCUT2D eigenvalue weighted by Crippen LogP contribution is 2.31. The van der Waals surface area contributed by atoms with Crippen molar-refractivity contribution >= 4 is 11.8 Å². The summed E-state index contributed by atoms with van der Waals surface area (Å²) in [7, 11) is 0. The molecule has 0 saturated carbocycles. The van der Waals surface area contributed by atoms with E-state index in [4.69, 9.17) is 9.84 Å². The van der Waals surface area contributed by atoms with Crippen molar-refractivity contribution in [2.75, 3.05) is 12.4 Å². The van der Waals surface area contributed by atoms with E-state index in [0.717, 1.165) is 29.9 Å². The van der Waals surface area contributed by atoms with Gasteiger partial charge in [-0.15, -0.1) is 0 Å². The fraction of sp³-hybridized carbons (Fsp3) is 0.538. The molecule has 0 aliphatic carbocycles. The highest BCUT2D eigenvalue weighted by molar-refractivity contribution is 7.99. The van der Waals surface area contributed by atoms with Gasteiger partial charge in [-0.2, -0.15) is 11.8 Å². The van der Waals surface area contributed by atoms with E-state index in [-0.39, 0.29) is 18.5 Å². The molecule has 1 N–H and O–H groups in total. The van der Waals surface area contributed by atoms with Crippen molar-refractivity contribution in [3.63, 3.8) is 0 Å². The monoisotopic (exact) mass is 256 g/mol. The molecule has 1 heterocycles. The maximum atomic E-state index is 13.0. The molecule has 0 amide bonds. The zero-order chi connectivity index (χ0) is 12.3. The molecule has 0 bridgehead atoms. The normalized spacial score (nSPS) is 19.8. The Morgan fingerprint density at radius 2 is 2.41 bits per heavy atom. The van der Waals surface area contributed by atoms with Gasteiger partial charge < -0.3 is 9.84 Å². The molecule has 1 aliphatic heterocycles. The molecule has 2 unspecified atom stereocenters. The van der Waals surface area contributed by atoms with Gasteiger partial charge in [0.05, 0.1) is 0 Å². The van der Waals surface area contributed by atoms with Gasteiger partial charge in [0.2, 0.25) is 0 Å². The summed E-state index contributed by atoms with van der Waals surface area (Å²) in [6.07, 6.45) is 1.73. The summed E-state index contributed by atoms with van der Waals surface area (Å²) in [5, 5.41) is 9.25. The highest BCUT2D eigenvalue weighted by atomic mass is 32.2. The average Bonchev–Trinajstić information content (AvgIpc) is 2.68. The van der Waals surface area contributed by atoms with Crippen LogP contribution in [-0.4, -0.2) is 28.8 Å². The second kappa shape index (κ2) is 5.74. The number of hydrogen-bond donors (Lipinski definition) is 1. The molecule has 17 heavy (non-hydrogen) atoms. The summed E-state index contributed by atoms with van der Waals surface area (Å²) in [6, 6.07) is 4.69. The van der Waals surface area contributed by atoms with Crippen LogP contribution in [-0.2, 0) is 6.42 Å². The minimum absolute atomic E-state index is 0.137. The first-order valence-corrected chi connectivity index (χ1v) is 6.91. The SMILES string of the molecule is CC(CCO)SCC1Cc2cc(F)ccc2O1. The van der Waals surface area contributed by atoms with Crippen LogP contribution in [0.2, 0.25) is 0 Å². The van der Waals surface area contributed by atoms with Gasteiger partial charge in [0, 0.05) is 29.6 Å². The lowest BCUT2D eigenvalue weighted by atomic mass is 10.1. The number of aliphatic hydroxyl groups excluding tert-OH is 1. The molecule has 4 heteroatoms. The first kappa shape index (κ1) is 12.7. The zero-order valence-corrected chi connectivity index (χ0v) is 10.7. The quantitative estimate of drug-likeness (QED) is 0.878. The lowest BCUT2D eigenvalue weighted by molar-refractivity contribution is 0.258. The van der Waals surface area contributed by atoms with E-state index in [1.54, 1.807) is 23.9 Å². The van der Waals surface area contributed by atoms with E-state index >= 15 is 0 Å². The molecule has 1 aromatic rings. The molecule has 0 radical (unpaired) electrons. The Morgan fingerprint density at radius 3 is 3.18 bits per heavy atom. The second-order valence-corrected chi connectivity index (χ2v) is 5.82. The van der Waals surface area contributed by atoms with Crippen LogP contribution in [0, 0.1) is 5.82 Å². The Kier molecular flexibility index (Phi) is 4.29. The minimum Gasteiger partial charge on any atom is -0.489 e. The van der Waals surface area contributed by atoms with Gasteiger partial charge in [0.15, 0.2) is 0 Å². The number of ether oxygens (including phenoxy) is 1. The summed E-state index contributed by atoms with van der Waals surface area (Å²) in [5.74, 6) is 1.50. The van der Waals surface area contributed by atoms with Gasteiger partial charge in [-0.25, -0.2) is 4.39 Å². The third kappa shape index (κ3) is 3.36. The summed E-state index contributed by atoms with van der Waals surface area (Å²) >= 11 is 1.79. The summed E-state index contributed by atoms with van der Waals surface area (Å²) in [4.78, 5) is 0. The van der Waals surface area contributed by atoms with E-state index in [1.165, 1.54) is 6.07 Å². The third-order valence-corrected chi connectivity index (χ3v) is 4.23. The number of fused-ring (bicyclic) bond motifs is 1. The molecular weight excluding hydrogens is 239 g/mol. The van der Waals surface area contributed by atoms with Gasteiger partial charge in [0.1, 0.15) is 17.7 Å². The van der Waals surface area contributed by atoms with E-state index in [0.29, 0.717) is 5.25 Å². The van der Waals surface area contributed by atoms with E-state index in [1.807, 2.05) is 0 Å². The van der Waals surface area contributed by atoms with Crippen LogP contribution in [0.3, 0.4) is 0 Å². The minimum atomic E-state index is -0.200. The predicted molar refractivity (Wildman–Crippen MR) is 68.1 cm³/mol. The van der Waals surface area contributed by atoms with Crippen molar-refractivity contribution in [3.8, 4) is 5.75 Å². The number of hydrogen-bond acceptors (Lipinski definition) is 3. The third-order valence-electron chi connectivity index (χ3n) is 2.87. The smallest absolute Gasteiger partial charge is 0.123 e. The summed E-state index contributed by atoms with van der Waals surface area (Å²) < 4.78 is 18.8. The molecule has 0 fully saturated rings. The van der Waals surface area contributed by atoms with Crippen molar-refractivity contribution in [3.05, 3.63) is 29.6 Å². The molecule has 0 saturated heterocycles. The van der Waals surface area contributed by atoms with Crippen LogP contribution >= 0.6 is 11.8 Å². The summed E-state index contributed by atoms with van der Waals surface area (Å²) in [6.45, 7) is 2.33. The van der Waals surface area contributed by atoms with Crippen molar-refractivity contribution in [2.45, 2.75) is 31.1 Å². The Morgan fingerprint density at radius 1 is 1.59 bits per heavy atom. The zero-order valence-electron chi connectivity index (χ0n) is 9.86. The fourth-order valence-corrected chi connectivity index (χ4v) is 2.92. The van der Waals surface area contributed by atoms with Crippen molar-refractivity contribution in [1.82, 2.24) is 0 Å². The topological polar surface area (TPSA) is 29.5 Å². The first-order valence-electron chi connectivity index (χ1n) is 5.86. The van der Waals surface area contributed by atoms with Gasteiger partial charge in [-0.05, 0) is 24.6 Å². The molecular formula is C13H17FO2S. The van der Waals surface area contributed by atoms with Crippen LogP contribution in [0.15, 0.2) is 18.2 Å². The Balaban J connectivity index is 1.84. The molecule has 2 atom stereocenters. The molecule has 1 aliphatic rings. The average molecular weight is 256 g/mol. The Labute approximate surface area is 105 Å². The van der Waals surface area contributed by atoms with Crippen LogP contribution in [0.1, 0.15) is 18.9 Å². The Bertz CT molecular complexity index is 384. The number of aliphatic hydroxyl groups is 1. The van der Waals surface area contributed by atoms with Crippen molar-refractivity contribution in [2.24, 2.45) is 0 Å². The van der Waals surface area contributed by atoms with Gasteiger partial charge >= 0.3 is 0 Å². The standard InChI is InChI=1S/C13H17FO2S/c1-9(4-5-15)17-8-12-7-10-6-11(14)2-3-13(10)16-12/h2-3,6,9,12,15H,4-5,7-8H2,1H3. The van der Waals surface area contributed by atoms with Crippen molar-refractivity contribution < 1.29 is 14.2 Å². The van der Waals surface area contributed by atoms with Gasteiger partial charge in [0.25, 0.3) is 0 Å². The number of rotatable bonds is 5.